The normalized spacial score (nSPS) is 12.9. The van der Waals surface area contributed by atoms with Crippen molar-refractivity contribution < 1.29 is 18.0 Å². The van der Waals surface area contributed by atoms with Crippen molar-refractivity contribution in [2.24, 2.45) is 7.05 Å². The van der Waals surface area contributed by atoms with Gasteiger partial charge in [0.25, 0.3) is 5.91 Å². The second kappa shape index (κ2) is 6.85. The summed E-state index contributed by atoms with van der Waals surface area (Å²) in [6.45, 7) is 1.67. The molecule has 2 rings (SSSR count). The molecule has 2 aromatic rings. The molecule has 1 amide bonds. The standard InChI is InChI=1S/C16H18F3N3O/c1-11-10-13(22(2)21-11)15(23)20-14(16(17,18)19)9-8-12-6-4-3-5-7-12/h3-7,10,14H,8-9H2,1-2H3,(H,20,23)/t14-/m1/s1. The van der Waals surface area contributed by atoms with Gasteiger partial charge in [0.15, 0.2) is 0 Å². The van der Waals surface area contributed by atoms with Crippen molar-refractivity contribution in [3.8, 4) is 0 Å². The maximum atomic E-state index is 13.2. The van der Waals surface area contributed by atoms with Crippen molar-refractivity contribution in [3.63, 3.8) is 0 Å². The van der Waals surface area contributed by atoms with Crippen molar-refractivity contribution in [1.82, 2.24) is 15.1 Å². The van der Waals surface area contributed by atoms with Gasteiger partial charge in [0.05, 0.1) is 5.69 Å². The van der Waals surface area contributed by atoms with Crippen molar-refractivity contribution in [2.75, 3.05) is 0 Å². The molecule has 7 heteroatoms. The molecule has 0 aliphatic heterocycles. The molecule has 1 N–H and O–H groups in total. The zero-order valence-electron chi connectivity index (χ0n) is 12.9. The van der Waals surface area contributed by atoms with Crippen LogP contribution in [0, 0.1) is 6.92 Å². The van der Waals surface area contributed by atoms with Gasteiger partial charge in [0, 0.05) is 7.05 Å². The molecule has 4 nitrogen and oxygen atoms in total. The van der Waals surface area contributed by atoms with Gasteiger partial charge >= 0.3 is 6.18 Å². The summed E-state index contributed by atoms with van der Waals surface area (Å²) in [4.78, 5) is 12.1. The molecular formula is C16H18F3N3O. The third kappa shape index (κ3) is 4.58. The van der Waals surface area contributed by atoms with E-state index >= 15 is 0 Å². The van der Waals surface area contributed by atoms with E-state index in [2.05, 4.69) is 10.4 Å². The molecular weight excluding hydrogens is 307 g/mol. The molecule has 0 fully saturated rings. The number of halogens is 3. The maximum Gasteiger partial charge on any atom is 0.408 e. The van der Waals surface area contributed by atoms with Gasteiger partial charge in [-0.3, -0.25) is 9.48 Å². The number of aryl methyl sites for hydroxylation is 3. The summed E-state index contributed by atoms with van der Waals surface area (Å²) in [7, 11) is 1.52. The number of nitrogens with zero attached hydrogens (tertiary/aromatic N) is 2. The predicted molar refractivity (Wildman–Crippen MR) is 80.0 cm³/mol. The van der Waals surface area contributed by atoms with E-state index in [9.17, 15) is 18.0 Å². The Morgan fingerprint density at radius 1 is 1.30 bits per heavy atom. The van der Waals surface area contributed by atoms with Crippen LogP contribution in [0.2, 0.25) is 0 Å². The summed E-state index contributed by atoms with van der Waals surface area (Å²) in [5, 5.41) is 6.04. The molecule has 0 unspecified atom stereocenters. The van der Waals surface area contributed by atoms with Crippen molar-refractivity contribution in [3.05, 3.63) is 53.3 Å². The van der Waals surface area contributed by atoms with Crippen LogP contribution >= 0.6 is 0 Å². The molecule has 0 spiro atoms. The SMILES string of the molecule is Cc1cc(C(=O)N[C@H](CCc2ccccc2)C(F)(F)F)n(C)n1. The molecule has 1 heterocycles. The molecule has 124 valence electrons. The second-order valence-corrected chi connectivity index (χ2v) is 5.39. The summed E-state index contributed by atoms with van der Waals surface area (Å²) in [5.41, 5.74) is 1.48. The summed E-state index contributed by atoms with van der Waals surface area (Å²) in [6, 6.07) is 8.44. The molecule has 0 saturated carbocycles. The smallest absolute Gasteiger partial charge is 0.339 e. The first kappa shape index (κ1) is 17.1. The van der Waals surface area contributed by atoms with Crippen LogP contribution in [0.5, 0.6) is 0 Å². The van der Waals surface area contributed by atoms with E-state index in [1.807, 2.05) is 0 Å². The van der Waals surface area contributed by atoms with Gasteiger partial charge in [0.2, 0.25) is 0 Å². The minimum atomic E-state index is -4.50. The van der Waals surface area contributed by atoms with Gasteiger partial charge < -0.3 is 5.32 Å². The van der Waals surface area contributed by atoms with E-state index in [0.29, 0.717) is 5.69 Å². The fourth-order valence-electron chi connectivity index (χ4n) is 2.33. The Labute approximate surface area is 132 Å². The van der Waals surface area contributed by atoms with E-state index < -0.39 is 18.1 Å². The Morgan fingerprint density at radius 2 is 1.96 bits per heavy atom. The lowest BCUT2D eigenvalue weighted by Crippen LogP contribution is -2.46. The number of benzene rings is 1. The van der Waals surface area contributed by atoms with Crippen LogP contribution in [0.15, 0.2) is 36.4 Å². The highest BCUT2D eigenvalue weighted by molar-refractivity contribution is 5.92. The molecule has 0 saturated heterocycles. The van der Waals surface area contributed by atoms with Gasteiger partial charge in [0.1, 0.15) is 11.7 Å². The summed E-state index contributed by atoms with van der Waals surface area (Å²) in [6.07, 6.45) is -4.48. The maximum absolute atomic E-state index is 13.2. The lowest BCUT2D eigenvalue weighted by Gasteiger charge is -2.21. The molecule has 0 aliphatic carbocycles. The number of rotatable bonds is 5. The van der Waals surface area contributed by atoms with Gasteiger partial charge in [-0.15, -0.1) is 0 Å². The van der Waals surface area contributed by atoms with Gasteiger partial charge in [-0.2, -0.15) is 18.3 Å². The number of aromatic nitrogens is 2. The van der Waals surface area contributed by atoms with Crippen LogP contribution < -0.4 is 5.32 Å². The average molecular weight is 325 g/mol. The minimum Gasteiger partial charge on any atom is -0.339 e. The average Bonchev–Trinajstić information content (AvgIpc) is 2.82. The number of carbonyl (C=O) groups is 1. The molecule has 1 atom stereocenters. The van der Waals surface area contributed by atoms with E-state index in [-0.39, 0.29) is 18.5 Å². The summed E-state index contributed by atoms with van der Waals surface area (Å²) >= 11 is 0. The number of alkyl halides is 3. The van der Waals surface area contributed by atoms with Crippen molar-refractivity contribution in [1.29, 1.82) is 0 Å². The lowest BCUT2D eigenvalue weighted by molar-refractivity contribution is -0.154. The van der Waals surface area contributed by atoms with E-state index in [1.165, 1.54) is 17.8 Å². The molecule has 0 aliphatic rings. The number of nitrogens with one attached hydrogen (secondary N) is 1. The van der Waals surface area contributed by atoms with Crippen molar-refractivity contribution in [2.45, 2.75) is 32.0 Å². The first-order valence-electron chi connectivity index (χ1n) is 7.19. The Bertz CT molecular complexity index is 665. The Kier molecular flexibility index (Phi) is 5.08. The summed E-state index contributed by atoms with van der Waals surface area (Å²) in [5.74, 6) is -0.775. The largest absolute Gasteiger partial charge is 0.408 e. The first-order chi connectivity index (χ1) is 10.8. The lowest BCUT2D eigenvalue weighted by atomic mass is 10.0. The number of hydrogen-bond donors (Lipinski definition) is 1. The Hall–Kier alpha value is -2.31. The molecule has 23 heavy (non-hydrogen) atoms. The highest BCUT2D eigenvalue weighted by Gasteiger charge is 2.40. The van der Waals surface area contributed by atoms with E-state index in [0.717, 1.165) is 5.56 Å². The van der Waals surface area contributed by atoms with Gasteiger partial charge in [-0.25, -0.2) is 0 Å². The van der Waals surface area contributed by atoms with E-state index in [4.69, 9.17) is 0 Å². The minimum absolute atomic E-state index is 0.108. The number of hydrogen-bond acceptors (Lipinski definition) is 2. The van der Waals surface area contributed by atoms with Gasteiger partial charge in [-0.05, 0) is 31.4 Å². The third-order valence-corrected chi connectivity index (χ3v) is 3.50. The van der Waals surface area contributed by atoms with Crippen LogP contribution in [0.1, 0.15) is 28.2 Å². The van der Waals surface area contributed by atoms with Crippen LogP contribution in [0.25, 0.3) is 0 Å². The van der Waals surface area contributed by atoms with E-state index in [1.54, 1.807) is 37.3 Å². The Balaban J connectivity index is 2.07. The van der Waals surface area contributed by atoms with Crippen LogP contribution in [0.3, 0.4) is 0 Å². The molecule has 1 aromatic heterocycles. The first-order valence-corrected chi connectivity index (χ1v) is 7.19. The van der Waals surface area contributed by atoms with Crippen LogP contribution in [-0.2, 0) is 13.5 Å². The van der Waals surface area contributed by atoms with Crippen molar-refractivity contribution >= 4 is 5.91 Å². The quantitative estimate of drug-likeness (QED) is 0.918. The topological polar surface area (TPSA) is 46.9 Å². The van der Waals surface area contributed by atoms with Crippen LogP contribution in [-0.4, -0.2) is 27.9 Å². The zero-order valence-corrected chi connectivity index (χ0v) is 12.9. The number of amides is 1. The highest BCUT2D eigenvalue weighted by atomic mass is 19.4. The monoisotopic (exact) mass is 325 g/mol. The zero-order chi connectivity index (χ0) is 17.0. The van der Waals surface area contributed by atoms with Crippen LogP contribution in [0.4, 0.5) is 13.2 Å². The highest BCUT2D eigenvalue weighted by Crippen LogP contribution is 2.24. The molecule has 1 aromatic carbocycles. The predicted octanol–water partition coefficient (Wildman–Crippen LogP) is 3.02. The Morgan fingerprint density at radius 3 is 2.48 bits per heavy atom. The fourth-order valence-corrected chi connectivity index (χ4v) is 2.33. The fraction of sp³-hybridized carbons (Fsp3) is 0.375. The third-order valence-electron chi connectivity index (χ3n) is 3.50. The summed E-state index contributed by atoms with van der Waals surface area (Å²) < 4.78 is 40.8. The second-order valence-electron chi connectivity index (χ2n) is 5.39. The number of carbonyl (C=O) groups excluding carboxylic acids is 1. The van der Waals surface area contributed by atoms with Gasteiger partial charge in [-0.1, -0.05) is 30.3 Å². The molecule has 0 bridgehead atoms. The molecule has 0 radical (unpaired) electrons.